The normalized spacial score (nSPS) is 28.5. The molecule has 114 valence electrons. The molecule has 0 amide bonds. The molecule has 3 aliphatic rings. The van der Waals surface area contributed by atoms with Crippen LogP contribution < -0.4 is 0 Å². The Morgan fingerprint density at radius 2 is 0.773 bits per heavy atom. The number of benzene rings is 2. The lowest BCUT2D eigenvalue weighted by molar-refractivity contribution is 0.533. The van der Waals surface area contributed by atoms with Crippen molar-refractivity contribution < 1.29 is 0 Å². The average molecular weight is 331 g/mol. The van der Waals surface area contributed by atoms with Crippen molar-refractivity contribution in [3.8, 4) is 0 Å². The summed E-state index contributed by atoms with van der Waals surface area (Å²) in [6, 6.07) is 9.33. The molecule has 22 heavy (non-hydrogen) atoms. The largest absolute Gasteiger partial charge is 0.120 e. The molecule has 0 fully saturated rings. The SMILES string of the molecule is Cc1cc2c(cc1C)C1c3cc(C)c(C)cc3C2C(Cl)C1Cl. The third-order valence-electron chi connectivity index (χ3n) is 5.68. The van der Waals surface area contributed by atoms with E-state index in [1.54, 1.807) is 0 Å². The van der Waals surface area contributed by atoms with Gasteiger partial charge in [0.05, 0.1) is 10.8 Å². The van der Waals surface area contributed by atoms with Gasteiger partial charge in [0.15, 0.2) is 0 Å². The number of hydrogen-bond donors (Lipinski definition) is 0. The van der Waals surface area contributed by atoms with Crippen LogP contribution in [0.4, 0.5) is 0 Å². The van der Waals surface area contributed by atoms with Crippen molar-refractivity contribution in [3.05, 3.63) is 68.8 Å². The van der Waals surface area contributed by atoms with E-state index in [1.165, 1.54) is 44.5 Å². The van der Waals surface area contributed by atoms with Gasteiger partial charge in [-0.25, -0.2) is 0 Å². The van der Waals surface area contributed by atoms with Crippen LogP contribution in [0.3, 0.4) is 0 Å². The molecule has 2 aromatic carbocycles. The quantitative estimate of drug-likeness (QED) is 0.541. The van der Waals surface area contributed by atoms with Gasteiger partial charge in [-0.1, -0.05) is 24.3 Å². The average Bonchev–Trinajstić information content (AvgIpc) is 2.46. The molecule has 2 aromatic rings. The maximum atomic E-state index is 6.77. The molecule has 0 saturated carbocycles. The molecule has 2 bridgehead atoms. The predicted octanol–water partition coefficient (Wildman–Crippen LogP) is 5.73. The summed E-state index contributed by atoms with van der Waals surface area (Å²) in [5, 5.41) is -0.0632. The van der Waals surface area contributed by atoms with Crippen LogP contribution in [0.5, 0.6) is 0 Å². The monoisotopic (exact) mass is 330 g/mol. The standard InChI is InChI=1S/C20H20Cl2/c1-9-5-13-14(6-10(9)2)18-16-8-12(4)11(3)7-15(16)17(13)19(21)20(18)22/h5-8,17-20H,1-4H3. The number of rotatable bonds is 0. The molecular formula is C20H20Cl2. The fourth-order valence-electron chi connectivity index (χ4n) is 4.19. The molecule has 0 aliphatic heterocycles. The van der Waals surface area contributed by atoms with Crippen molar-refractivity contribution >= 4 is 23.2 Å². The van der Waals surface area contributed by atoms with Crippen molar-refractivity contribution in [2.24, 2.45) is 0 Å². The lowest BCUT2D eigenvalue weighted by Gasteiger charge is -2.47. The molecule has 0 radical (unpaired) electrons. The lowest BCUT2D eigenvalue weighted by atomic mass is 9.62. The summed E-state index contributed by atoms with van der Waals surface area (Å²) in [4.78, 5) is 0. The molecule has 3 aliphatic carbocycles. The van der Waals surface area contributed by atoms with Gasteiger partial charge in [0.25, 0.3) is 0 Å². The highest BCUT2D eigenvalue weighted by Crippen LogP contribution is 2.57. The van der Waals surface area contributed by atoms with Crippen LogP contribution in [0.15, 0.2) is 24.3 Å². The van der Waals surface area contributed by atoms with Crippen molar-refractivity contribution in [3.63, 3.8) is 0 Å². The molecule has 5 rings (SSSR count). The van der Waals surface area contributed by atoms with E-state index in [0.29, 0.717) is 0 Å². The van der Waals surface area contributed by atoms with Crippen LogP contribution in [0.25, 0.3) is 0 Å². The molecule has 2 unspecified atom stereocenters. The highest BCUT2D eigenvalue weighted by Gasteiger charge is 2.48. The second-order valence-electron chi connectivity index (χ2n) is 6.97. The summed E-state index contributed by atoms with van der Waals surface area (Å²) in [5.74, 6) is 0.440. The second-order valence-corrected chi connectivity index (χ2v) is 7.98. The summed E-state index contributed by atoms with van der Waals surface area (Å²) < 4.78 is 0. The van der Waals surface area contributed by atoms with Crippen LogP contribution in [-0.2, 0) is 0 Å². The number of hydrogen-bond acceptors (Lipinski definition) is 0. The van der Waals surface area contributed by atoms with Gasteiger partial charge >= 0.3 is 0 Å². The second kappa shape index (κ2) is 4.76. The highest BCUT2D eigenvalue weighted by atomic mass is 35.5. The van der Waals surface area contributed by atoms with Crippen LogP contribution in [0, 0.1) is 27.7 Å². The number of halogens is 2. The maximum absolute atomic E-state index is 6.77. The summed E-state index contributed by atoms with van der Waals surface area (Å²) >= 11 is 13.5. The first-order valence-electron chi connectivity index (χ1n) is 7.90. The van der Waals surface area contributed by atoms with Gasteiger partial charge in [-0.05, 0) is 72.2 Å². The first kappa shape index (κ1) is 14.6. The fraction of sp³-hybridized carbons (Fsp3) is 0.400. The van der Waals surface area contributed by atoms with Gasteiger partial charge in [0.1, 0.15) is 0 Å². The number of alkyl halides is 2. The fourth-order valence-corrected chi connectivity index (χ4v) is 5.02. The van der Waals surface area contributed by atoms with Crippen molar-refractivity contribution in [1.29, 1.82) is 0 Å². The van der Waals surface area contributed by atoms with E-state index in [0.717, 1.165) is 0 Å². The molecule has 0 heterocycles. The third kappa shape index (κ3) is 1.77. The Kier molecular flexibility index (Phi) is 3.16. The van der Waals surface area contributed by atoms with Crippen LogP contribution in [-0.4, -0.2) is 10.8 Å². The zero-order valence-electron chi connectivity index (χ0n) is 13.4. The van der Waals surface area contributed by atoms with Crippen LogP contribution >= 0.6 is 23.2 Å². The van der Waals surface area contributed by atoms with Gasteiger partial charge in [0, 0.05) is 11.8 Å². The Hall–Kier alpha value is -0.980. The van der Waals surface area contributed by atoms with Gasteiger partial charge in [-0.15, -0.1) is 23.2 Å². The van der Waals surface area contributed by atoms with Crippen molar-refractivity contribution in [2.45, 2.75) is 50.3 Å². The summed E-state index contributed by atoms with van der Waals surface area (Å²) in [6.07, 6.45) is 0. The topological polar surface area (TPSA) is 0 Å². The number of fused-ring (bicyclic) bond motifs is 1. The van der Waals surface area contributed by atoms with Gasteiger partial charge < -0.3 is 0 Å². The van der Waals surface area contributed by atoms with E-state index >= 15 is 0 Å². The minimum absolute atomic E-state index is 0.0316. The molecule has 2 heteroatoms. The first-order chi connectivity index (χ1) is 10.4. The van der Waals surface area contributed by atoms with E-state index in [1.807, 2.05) is 0 Å². The zero-order valence-corrected chi connectivity index (χ0v) is 14.9. The Balaban J connectivity index is 2.05. The Labute approximate surface area is 142 Å². The zero-order chi connectivity index (χ0) is 15.8. The maximum Gasteiger partial charge on any atom is 0.0618 e. The van der Waals surface area contributed by atoms with Crippen LogP contribution in [0.2, 0.25) is 0 Å². The lowest BCUT2D eigenvalue weighted by Crippen LogP contribution is -2.42. The third-order valence-corrected chi connectivity index (χ3v) is 6.86. The molecule has 0 spiro atoms. The van der Waals surface area contributed by atoms with Gasteiger partial charge in [-0.3, -0.25) is 0 Å². The van der Waals surface area contributed by atoms with E-state index in [-0.39, 0.29) is 22.6 Å². The molecule has 0 saturated heterocycles. The summed E-state index contributed by atoms with van der Waals surface area (Å²) in [5.41, 5.74) is 10.9. The van der Waals surface area contributed by atoms with Gasteiger partial charge in [-0.2, -0.15) is 0 Å². The molecule has 0 N–H and O–H groups in total. The molecule has 2 atom stereocenters. The van der Waals surface area contributed by atoms with Crippen molar-refractivity contribution in [1.82, 2.24) is 0 Å². The smallest absolute Gasteiger partial charge is 0.0618 e. The first-order valence-corrected chi connectivity index (χ1v) is 8.77. The van der Waals surface area contributed by atoms with Gasteiger partial charge in [0.2, 0.25) is 0 Å². The predicted molar refractivity (Wildman–Crippen MR) is 94.8 cm³/mol. The molecule has 0 nitrogen and oxygen atoms in total. The minimum Gasteiger partial charge on any atom is -0.120 e. The Bertz CT molecular complexity index is 665. The van der Waals surface area contributed by atoms with Crippen LogP contribution in [0.1, 0.15) is 56.3 Å². The number of aryl methyl sites for hydroxylation is 4. The summed E-state index contributed by atoms with van der Waals surface area (Å²) in [7, 11) is 0. The molecule has 0 aromatic heterocycles. The van der Waals surface area contributed by atoms with E-state index in [9.17, 15) is 0 Å². The van der Waals surface area contributed by atoms with E-state index in [4.69, 9.17) is 23.2 Å². The minimum atomic E-state index is -0.0316. The van der Waals surface area contributed by atoms with E-state index in [2.05, 4.69) is 52.0 Å². The molecular weight excluding hydrogens is 311 g/mol. The summed E-state index contributed by atoms with van der Waals surface area (Å²) in [6.45, 7) is 8.72. The Morgan fingerprint density at radius 3 is 1.00 bits per heavy atom. The van der Waals surface area contributed by atoms with Crippen molar-refractivity contribution in [2.75, 3.05) is 0 Å². The van der Waals surface area contributed by atoms with E-state index < -0.39 is 0 Å². The Morgan fingerprint density at radius 1 is 0.545 bits per heavy atom. The highest BCUT2D eigenvalue weighted by molar-refractivity contribution is 6.31.